The van der Waals surface area contributed by atoms with Crippen LogP contribution in [0.5, 0.6) is 0 Å². The molecule has 0 saturated carbocycles. The average Bonchev–Trinajstić information content (AvgIpc) is 3.06. The van der Waals surface area contributed by atoms with Crippen LogP contribution in [0.2, 0.25) is 0 Å². The fourth-order valence-electron chi connectivity index (χ4n) is 7.41. The van der Waals surface area contributed by atoms with Gasteiger partial charge in [-0.3, -0.25) is 0 Å². The van der Waals surface area contributed by atoms with Crippen LogP contribution in [0.3, 0.4) is 0 Å². The smallest absolute Gasteiger partial charge is 0.0911 e. The Hall–Kier alpha value is -4.18. The number of benzene rings is 7. The fourth-order valence-corrected chi connectivity index (χ4v) is 9.93. The van der Waals surface area contributed by atoms with Crippen molar-refractivity contribution < 1.29 is 0 Å². The molecule has 45 heavy (non-hydrogen) atoms. The van der Waals surface area contributed by atoms with Crippen molar-refractivity contribution in [1.29, 1.82) is 0 Å². The molecule has 214 valence electrons. The maximum absolute atomic E-state index is 2.49. The Morgan fingerprint density at radius 3 is 1.58 bits per heavy atom. The highest BCUT2D eigenvalue weighted by molar-refractivity contribution is 8.01. The molecule has 7 aromatic carbocycles. The predicted molar refractivity (Wildman–Crippen MR) is 197 cm³/mol. The van der Waals surface area contributed by atoms with Gasteiger partial charge in [-0.05, 0) is 84.5 Å². The van der Waals surface area contributed by atoms with Crippen molar-refractivity contribution >= 4 is 68.2 Å². The summed E-state index contributed by atoms with van der Waals surface area (Å²) in [6, 6.07) is 50.1. The van der Waals surface area contributed by atoms with Gasteiger partial charge in [-0.25, -0.2) is 0 Å². The first-order chi connectivity index (χ1) is 22.0. The molecule has 0 saturated heterocycles. The van der Waals surface area contributed by atoms with Crippen molar-refractivity contribution in [3.05, 3.63) is 139 Å². The Bertz CT molecular complexity index is 2260. The molecule has 0 N–H and O–H groups in total. The minimum Gasteiger partial charge on any atom is -0.0911 e. The van der Waals surface area contributed by atoms with Crippen LogP contribution < -0.4 is 16.4 Å². The first kappa shape index (κ1) is 27.2. The Labute approximate surface area is 274 Å². The summed E-state index contributed by atoms with van der Waals surface area (Å²) < 4.78 is 0. The topological polar surface area (TPSA) is 0 Å². The third kappa shape index (κ3) is 4.25. The molecule has 0 aliphatic carbocycles. The van der Waals surface area contributed by atoms with Gasteiger partial charge in [0.2, 0.25) is 6.71 Å². The van der Waals surface area contributed by atoms with Gasteiger partial charge in [0.1, 0.15) is 0 Å². The van der Waals surface area contributed by atoms with Crippen molar-refractivity contribution in [2.75, 3.05) is 0 Å². The second-order valence-corrected chi connectivity index (χ2v) is 15.4. The van der Waals surface area contributed by atoms with E-state index in [-0.39, 0.29) is 12.1 Å². The molecule has 2 heterocycles. The highest BCUT2D eigenvalue weighted by Crippen LogP contribution is 2.47. The largest absolute Gasteiger partial charge is 0.247 e. The number of fused-ring (bicyclic) bond motifs is 6. The maximum Gasteiger partial charge on any atom is 0.247 e. The van der Waals surface area contributed by atoms with E-state index in [0.717, 1.165) is 0 Å². The Kier molecular flexibility index (Phi) is 6.14. The molecule has 0 radical (unpaired) electrons. The van der Waals surface area contributed by atoms with Crippen LogP contribution in [0.1, 0.15) is 26.3 Å². The summed E-state index contributed by atoms with van der Waals surface area (Å²) in [5.41, 5.74) is 11.0. The molecule has 2 aliphatic heterocycles. The van der Waals surface area contributed by atoms with Crippen LogP contribution in [-0.4, -0.2) is 6.71 Å². The van der Waals surface area contributed by atoms with Gasteiger partial charge >= 0.3 is 0 Å². The van der Waals surface area contributed by atoms with Crippen LogP contribution in [0, 0.1) is 0 Å². The van der Waals surface area contributed by atoms with Gasteiger partial charge in [0, 0.05) is 19.6 Å². The molecule has 3 heteroatoms. The minimum absolute atomic E-state index is 0.0987. The van der Waals surface area contributed by atoms with Gasteiger partial charge in [0.15, 0.2) is 0 Å². The van der Waals surface area contributed by atoms with Gasteiger partial charge < -0.3 is 0 Å². The molecule has 0 unspecified atom stereocenters. The summed E-state index contributed by atoms with van der Waals surface area (Å²) in [4.78, 5) is 5.52. The van der Waals surface area contributed by atoms with Crippen molar-refractivity contribution in [2.45, 2.75) is 45.8 Å². The van der Waals surface area contributed by atoms with Crippen molar-refractivity contribution in [3.63, 3.8) is 0 Å². The van der Waals surface area contributed by atoms with E-state index in [2.05, 4.69) is 154 Å². The molecule has 0 nitrogen and oxygen atoms in total. The van der Waals surface area contributed by atoms with Crippen molar-refractivity contribution in [3.8, 4) is 22.3 Å². The zero-order valence-electron chi connectivity index (χ0n) is 25.6. The highest BCUT2D eigenvalue weighted by Gasteiger charge is 2.38. The molecule has 9 rings (SSSR count). The minimum atomic E-state index is 0.0987. The van der Waals surface area contributed by atoms with Gasteiger partial charge in [-0.1, -0.05) is 164 Å². The molecule has 0 amide bonds. The summed E-state index contributed by atoms with van der Waals surface area (Å²) in [7, 11) is 0. The van der Waals surface area contributed by atoms with E-state index in [9.17, 15) is 0 Å². The van der Waals surface area contributed by atoms with Crippen molar-refractivity contribution in [2.24, 2.45) is 0 Å². The molecule has 0 spiro atoms. The maximum atomic E-state index is 2.49. The molecular weight excluding hydrogens is 579 g/mol. The van der Waals surface area contributed by atoms with Gasteiger partial charge in [0.05, 0.1) is 0 Å². The first-order valence-electron chi connectivity index (χ1n) is 15.7. The second kappa shape index (κ2) is 10.2. The van der Waals surface area contributed by atoms with E-state index < -0.39 is 0 Å². The summed E-state index contributed by atoms with van der Waals surface area (Å²) in [6.07, 6.45) is 0. The summed E-state index contributed by atoms with van der Waals surface area (Å²) in [5, 5.41) is 5.20. The van der Waals surface area contributed by atoms with Crippen LogP contribution >= 0.6 is 23.5 Å². The zero-order chi connectivity index (χ0) is 30.3. The highest BCUT2D eigenvalue weighted by atomic mass is 32.2. The summed E-state index contributed by atoms with van der Waals surface area (Å²) in [6.45, 7) is 7.19. The Balaban J connectivity index is 1.34. The number of hydrogen-bond donors (Lipinski definition) is 0. The van der Waals surface area contributed by atoms with Gasteiger partial charge in [0.25, 0.3) is 0 Å². The number of hydrogen-bond acceptors (Lipinski definition) is 2. The van der Waals surface area contributed by atoms with Crippen LogP contribution in [0.15, 0.2) is 153 Å². The van der Waals surface area contributed by atoms with Crippen LogP contribution in [0.25, 0.3) is 43.8 Å². The van der Waals surface area contributed by atoms with E-state index in [0.29, 0.717) is 0 Å². The van der Waals surface area contributed by atoms with Crippen LogP contribution in [0.4, 0.5) is 0 Å². The van der Waals surface area contributed by atoms with E-state index in [1.54, 1.807) is 0 Å². The third-order valence-corrected chi connectivity index (χ3v) is 11.8. The average molecular weight is 611 g/mol. The fraction of sp³-hybridized carbons (Fsp3) is 0.0952. The normalized spacial score (nSPS) is 13.4. The second-order valence-electron chi connectivity index (χ2n) is 13.3. The quantitative estimate of drug-likeness (QED) is 0.141. The third-order valence-electron chi connectivity index (χ3n) is 9.54. The lowest BCUT2D eigenvalue weighted by Crippen LogP contribution is -2.58. The lowest BCUT2D eigenvalue weighted by molar-refractivity contribution is 0.589. The lowest BCUT2D eigenvalue weighted by Gasteiger charge is -2.34. The Morgan fingerprint density at radius 2 is 0.956 bits per heavy atom. The summed E-state index contributed by atoms with van der Waals surface area (Å²) in [5.74, 6) is 0. The van der Waals surface area contributed by atoms with Crippen LogP contribution in [-0.2, 0) is 5.41 Å². The van der Waals surface area contributed by atoms with Crippen molar-refractivity contribution in [1.82, 2.24) is 0 Å². The molecule has 0 bridgehead atoms. The van der Waals surface area contributed by atoms with Gasteiger partial charge in [-0.15, -0.1) is 0 Å². The molecular formula is C42H31BS2. The molecule has 2 aliphatic rings. The monoisotopic (exact) mass is 610 g/mol. The number of rotatable bonds is 2. The Morgan fingerprint density at radius 1 is 0.444 bits per heavy atom. The molecule has 0 fully saturated rings. The first-order valence-corrected chi connectivity index (χ1v) is 17.4. The molecule has 0 atom stereocenters. The van der Waals surface area contributed by atoms with E-state index in [1.165, 1.54) is 85.3 Å². The molecule has 7 aromatic rings. The van der Waals surface area contributed by atoms with Gasteiger partial charge in [-0.2, -0.15) is 0 Å². The summed E-state index contributed by atoms with van der Waals surface area (Å²) >= 11 is 3.90. The standard InChI is InChI=1S/C42H31BS2/c1-42(2,3)28-21-22-34-36(25-28)45-38-24-27(23-37-41(38)43(34)33-19-11-12-20-35(33)44-37)40-31-17-9-7-15-29(31)39(26-13-5-4-6-14-26)30-16-8-10-18-32(30)40/h4-25H,1-3H3. The lowest BCUT2D eigenvalue weighted by atomic mass is 9.36. The SMILES string of the molecule is CC(C)(C)c1ccc2c(c1)Sc1cc(-c3c4ccccc4c(-c4ccccc4)c4ccccc34)cc3c1B2c1ccccc1S3. The van der Waals surface area contributed by atoms with E-state index in [1.807, 2.05) is 23.5 Å². The van der Waals surface area contributed by atoms with E-state index >= 15 is 0 Å². The van der Waals surface area contributed by atoms with E-state index in [4.69, 9.17) is 0 Å². The zero-order valence-corrected chi connectivity index (χ0v) is 27.2. The molecule has 0 aromatic heterocycles. The predicted octanol–water partition coefficient (Wildman–Crippen LogP) is 10.1.